The Hall–Kier alpha value is -4.67. The summed E-state index contributed by atoms with van der Waals surface area (Å²) in [6.07, 6.45) is 7.85. The van der Waals surface area contributed by atoms with Crippen molar-refractivity contribution in [3.05, 3.63) is 122 Å². The van der Waals surface area contributed by atoms with E-state index in [1.54, 1.807) is 39.7 Å². The van der Waals surface area contributed by atoms with Gasteiger partial charge < -0.3 is 27.8 Å². The summed E-state index contributed by atoms with van der Waals surface area (Å²) in [4.78, 5) is 32.0. The summed E-state index contributed by atoms with van der Waals surface area (Å²) in [5.41, 5.74) is 3.92. The van der Waals surface area contributed by atoms with Gasteiger partial charge in [-0.05, 0) is 73.0 Å². The minimum atomic E-state index is -0.175. The number of halogens is 1. The summed E-state index contributed by atoms with van der Waals surface area (Å²) < 4.78 is 19.4. The second kappa shape index (κ2) is 17.0. The van der Waals surface area contributed by atoms with Crippen molar-refractivity contribution in [2.24, 2.45) is 0 Å². The Kier molecular flexibility index (Phi) is 12.5. The Morgan fingerprint density at radius 2 is 1.27 bits per heavy atom. The predicted molar refractivity (Wildman–Crippen MR) is 175 cm³/mol. The normalized spacial score (nSPS) is 10.7. The number of ether oxygens (including phenoxy) is 1. The number of pyridine rings is 2. The SMILES string of the molecule is CCCCn1cccc(CO)c1=O.CCCCn1cccc(COc2nc3ccccc3o2)c1=O.Clc1nc2ccccc2o1. The van der Waals surface area contributed by atoms with Gasteiger partial charge in [-0.3, -0.25) is 9.59 Å². The zero-order valence-corrected chi connectivity index (χ0v) is 26.2. The van der Waals surface area contributed by atoms with Gasteiger partial charge in [-0.1, -0.05) is 51.0 Å². The van der Waals surface area contributed by atoms with Crippen molar-refractivity contribution in [3.8, 4) is 6.08 Å². The van der Waals surface area contributed by atoms with Crippen molar-refractivity contribution in [2.45, 2.75) is 65.8 Å². The standard InChI is InChI=1S/C17H18N2O3.C10H15NO2.C7H4ClNO/c1-2-3-10-19-11-6-7-13(16(19)20)12-21-17-18-14-8-4-5-9-15(14)22-17;1-2-3-6-11-7-4-5-9(8-12)10(11)13;8-7-9-5-3-1-2-4-6(5)10-7/h4-9,11H,2-3,10,12H2,1H3;4-5,7,12H,2-3,6,8H2,1H3;1-4H. The number of benzene rings is 2. The third-order valence-electron chi connectivity index (χ3n) is 6.77. The van der Waals surface area contributed by atoms with Gasteiger partial charge in [0.25, 0.3) is 16.5 Å². The number of unbranched alkanes of at least 4 members (excludes halogenated alkanes) is 2. The Morgan fingerprint density at radius 3 is 1.82 bits per heavy atom. The van der Waals surface area contributed by atoms with Crippen molar-refractivity contribution in [2.75, 3.05) is 0 Å². The fourth-order valence-corrected chi connectivity index (χ4v) is 4.48. The first-order chi connectivity index (χ1) is 21.9. The van der Waals surface area contributed by atoms with E-state index in [-0.39, 0.29) is 35.8 Å². The van der Waals surface area contributed by atoms with E-state index in [0.717, 1.165) is 55.4 Å². The fourth-order valence-electron chi connectivity index (χ4n) is 4.31. The van der Waals surface area contributed by atoms with Crippen LogP contribution in [0.25, 0.3) is 22.2 Å². The molecule has 2 aromatic carbocycles. The number of fused-ring (bicyclic) bond motifs is 2. The lowest BCUT2D eigenvalue weighted by atomic mass is 10.2. The first-order valence-corrected chi connectivity index (χ1v) is 15.3. The highest BCUT2D eigenvalue weighted by molar-refractivity contribution is 6.28. The van der Waals surface area contributed by atoms with E-state index >= 15 is 0 Å². The molecule has 6 rings (SSSR count). The van der Waals surface area contributed by atoms with Crippen LogP contribution in [0.2, 0.25) is 5.35 Å². The molecule has 0 radical (unpaired) electrons. The molecule has 0 atom stereocenters. The second-order valence-electron chi connectivity index (χ2n) is 10.1. The zero-order chi connectivity index (χ0) is 32.0. The van der Waals surface area contributed by atoms with Crippen LogP contribution < -0.4 is 15.9 Å². The number of aliphatic hydroxyl groups excluding tert-OH is 1. The van der Waals surface area contributed by atoms with E-state index in [0.29, 0.717) is 16.7 Å². The van der Waals surface area contributed by atoms with Crippen molar-refractivity contribution in [1.29, 1.82) is 0 Å². The van der Waals surface area contributed by atoms with Crippen LogP contribution in [-0.2, 0) is 26.3 Å². The van der Waals surface area contributed by atoms with E-state index < -0.39 is 0 Å². The van der Waals surface area contributed by atoms with E-state index in [1.165, 1.54) is 0 Å². The molecule has 236 valence electrons. The van der Waals surface area contributed by atoms with Gasteiger partial charge in [-0.2, -0.15) is 9.97 Å². The van der Waals surface area contributed by atoms with Gasteiger partial charge in [-0.15, -0.1) is 0 Å². The molecular weight excluding hydrogens is 596 g/mol. The van der Waals surface area contributed by atoms with Crippen molar-refractivity contribution in [3.63, 3.8) is 0 Å². The smallest absolute Gasteiger partial charge is 0.394 e. The summed E-state index contributed by atoms with van der Waals surface area (Å²) in [6.45, 7) is 5.63. The van der Waals surface area contributed by atoms with E-state index in [1.807, 2.05) is 54.6 Å². The van der Waals surface area contributed by atoms with Gasteiger partial charge in [0.15, 0.2) is 11.2 Å². The topological polar surface area (TPSA) is 126 Å². The molecule has 0 aliphatic heterocycles. The van der Waals surface area contributed by atoms with Crippen molar-refractivity contribution in [1.82, 2.24) is 19.1 Å². The molecule has 10 nitrogen and oxygen atoms in total. The predicted octanol–water partition coefficient (Wildman–Crippen LogP) is 6.99. The van der Waals surface area contributed by atoms with Crippen LogP contribution in [0.4, 0.5) is 0 Å². The maximum atomic E-state index is 12.3. The molecule has 45 heavy (non-hydrogen) atoms. The minimum Gasteiger partial charge on any atom is -0.445 e. The number of nitrogens with zero attached hydrogens (tertiary/aromatic N) is 4. The zero-order valence-electron chi connectivity index (χ0n) is 25.4. The van der Waals surface area contributed by atoms with Crippen LogP contribution in [-0.4, -0.2) is 24.2 Å². The summed E-state index contributed by atoms with van der Waals surface area (Å²) in [5.74, 6) is 0. The molecule has 0 aliphatic carbocycles. The lowest BCUT2D eigenvalue weighted by Gasteiger charge is -2.07. The number of hydrogen-bond donors (Lipinski definition) is 1. The summed E-state index contributed by atoms with van der Waals surface area (Å²) in [5, 5.41) is 9.05. The summed E-state index contributed by atoms with van der Waals surface area (Å²) >= 11 is 5.51. The van der Waals surface area contributed by atoms with Gasteiger partial charge >= 0.3 is 6.08 Å². The molecule has 0 saturated heterocycles. The van der Waals surface area contributed by atoms with Crippen molar-refractivity contribution < 1.29 is 18.7 Å². The first-order valence-electron chi connectivity index (χ1n) is 14.9. The number of hydrogen-bond acceptors (Lipinski definition) is 8. The Bertz CT molecular complexity index is 1840. The third kappa shape index (κ3) is 9.41. The quantitative estimate of drug-likeness (QED) is 0.171. The third-order valence-corrected chi connectivity index (χ3v) is 6.93. The number of rotatable bonds is 10. The number of oxazole rings is 2. The van der Waals surface area contributed by atoms with Gasteiger partial charge in [0.2, 0.25) is 0 Å². The molecule has 1 N–H and O–H groups in total. The molecule has 0 bridgehead atoms. The molecule has 0 unspecified atom stereocenters. The lowest BCUT2D eigenvalue weighted by molar-refractivity contribution is 0.224. The van der Waals surface area contributed by atoms with Gasteiger partial charge in [-0.25, -0.2) is 0 Å². The fraction of sp³-hybridized carbons (Fsp3) is 0.294. The lowest BCUT2D eigenvalue weighted by Crippen LogP contribution is -2.24. The molecule has 0 aliphatic rings. The Labute approximate surface area is 265 Å². The van der Waals surface area contributed by atoms with Crippen LogP contribution in [0.15, 0.2) is 104 Å². The molecule has 4 aromatic heterocycles. The summed E-state index contributed by atoms with van der Waals surface area (Å²) in [7, 11) is 0. The molecule has 11 heteroatoms. The van der Waals surface area contributed by atoms with E-state index in [2.05, 4.69) is 23.8 Å². The number of aryl methyl sites for hydroxylation is 2. The highest BCUT2D eigenvalue weighted by atomic mass is 35.5. The van der Waals surface area contributed by atoms with Crippen LogP contribution in [0, 0.1) is 0 Å². The molecule has 4 heterocycles. The van der Waals surface area contributed by atoms with Crippen LogP contribution in [0.3, 0.4) is 0 Å². The first kappa shape index (κ1) is 33.2. The number of para-hydroxylation sites is 4. The van der Waals surface area contributed by atoms with E-state index in [9.17, 15) is 9.59 Å². The molecule has 0 fully saturated rings. The van der Waals surface area contributed by atoms with Gasteiger partial charge in [0.05, 0.1) is 12.2 Å². The summed E-state index contributed by atoms with van der Waals surface area (Å²) in [6, 6.07) is 22.0. The second-order valence-corrected chi connectivity index (χ2v) is 10.4. The molecule has 6 aromatic rings. The van der Waals surface area contributed by atoms with E-state index in [4.69, 9.17) is 30.3 Å². The molecule has 0 saturated carbocycles. The van der Waals surface area contributed by atoms with Crippen LogP contribution in [0.1, 0.15) is 50.7 Å². The molecule has 0 spiro atoms. The maximum absolute atomic E-state index is 12.3. The average Bonchev–Trinajstić information content (AvgIpc) is 3.66. The Morgan fingerprint density at radius 1 is 0.733 bits per heavy atom. The average molecular weight is 633 g/mol. The monoisotopic (exact) mass is 632 g/mol. The van der Waals surface area contributed by atoms with Gasteiger partial charge in [0.1, 0.15) is 17.6 Å². The molecular formula is C34H37ClN4O6. The number of aliphatic hydroxyl groups is 1. The maximum Gasteiger partial charge on any atom is 0.394 e. The van der Waals surface area contributed by atoms with Crippen LogP contribution in [0.5, 0.6) is 6.08 Å². The highest BCUT2D eigenvalue weighted by Crippen LogP contribution is 2.20. The molecule has 0 amide bonds. The van der Waals surface area contributed by atoms with Crippen LogP contribution >= 0.6 is 11.6 Å². The van der Waals surface area contributed by atoms with Crippen molar-refractivity contribution >= 4 is 33.8 Å². The highest BCUT2D eigenvalue weighted by Gasteiger charge is 2.09. The Balaban J connectivity index is 0.000000169. The number of aromatic nitrogens is 4. The largest absolute Gasteiger partial charge is 0.445 e. The van der Waals surface area contributed by atoms with Gasteiger partial charge in [0, 0.05) is 31.0 Å². The minimum absolute atomic E-state index is 0.0212.